The maximum absolute atomic E-state index is 11.1. The molecular weight excluding hydrogens is 174 g/mol. The summed E-state index contributed by atoms with van der Waals surface area (Å²) in [6.07, 6.45) is 3.81. The van der Waals surface area contributed by atoms with Crippen molar-refractivity contribution in [3.63, 3.8) is 0 Å². The van der Waals surface area contributed by atoms with Gasteiger partial charge in [0.25, 0.3) is 0 Å². The van der Waals surface area contributed by atoms with Gasteiger partial charge in [-0.15, -0.1) is 11.8 Å². The minimum atomic E-state index is -0.126. The molecule has 0 bridgehead atoms. The lowest BCUT2D eigenvalue weighted by molar-refractivity contribution is -0.145. The number of hydrogen-bond donors (Lipinski definition) is 0. The van der Waals surface area contributed by atoms with Gasteiger partial charge >= 0.3 is 5.97 Å². The fourth-order valence-electron chi connectivity index (χ4n) is 1.21. The van der Waals surface area contributed by atoms with Crippen LogP contribution in [0.5, 0.6) is 0 Å². The predicted octanol–water partition coefficient (Wildman–Crippen LogP) is 1.33. The highest BCUT2D eigenvalue weighted by molar-refractivity contribution is 8.13. The van der Waals surface area contributed by atoms with Crippen molar-refractivity contribution in [3.8, 4) is 0 Å². The second kappa shape index (κ2) is 4.50. The number of hydrogen-bond acceptors (Lipinski definition) is 4. The molecule has 0 radical (unpaired) electrons. The molecule has 1 aliphatic heterocycles. The van der Waals surface area contributed by atoms with Gasteiger partial charge in [-0.1, -0.05) is 0 Å². The van der Waals surface area contributed by atoms with E-state index < -0.39 is 0 Å². The van der Waals surface area contributed by atoms with Crippen LogP contribution in [0.1, 0.15) is 12.8 Å². The van der Waals surface area contributed by atoms with Crippen molar-refractivity contribution in [1.29, 1.82) is 0 Å². The molecule has 1 heterocycles. The average Bonchev–Trinajstić information content (AvgIpc) is 2.17. The number of nitrogens with zero attached hydrogens (tertiary/aromatic N) is 1. The molecule has 0 saturated heterocycles. The summed E-state index contributed by atoms with van der Waals surface area (Å²) in [6.45, 7) is 0.600. The molecule has 0 spiro atoms. The smallest absolute Gasteiger partial charge is 0.310 e. The van der Waals surface area contributed by atoms with Crippen molar-refractivity contribution in [2.75, 3.05) is 19.9 Å². The number of esters is 1. The zero-order valence-electron chi connectivity index (χ0n) is 7.37. The number of carbonyl (C=O) groups is 1. The van der Waals surface area contributed by atoms with Gasteiger partial charge in [-0.25, -0.2) is 0 Å². The fraction of sp³-hybridized carbons (Fsp3) is 0.750. The molecule has 1 unspecified atom stereocenters. The first kappa shape index (κ1) is 9.58. The van der Waals surface area contributed by atoms with Gasteiger partial charge in [-0.3, -0.25) is 9.79 Å². The summed E-state index contributed by atoms with van der Waals surface area (Å²) in [5.41, 5.74) is 0. The third-order valence-corrected chi connectivity index (χ3v) is 2.77. The highest BCUT2D eigenvalue weighted by atomic mass is 32.2. The van der Waals surface area contributed by atoms with E-state index in [2.05, 4.69) is 9.73 Å². The number of rotatable bonds is 1. The van der Waals surface area contributed by atoms with Crippen LogP contribution in [-0.4, -0.2) is 30.9 Å². The zero-order valence-corrected chi connectivity index (χ0v) is 8.19. The van der Waals surface area contributed by atoms with Gasteiger partial charge in [0.15, 0.2) is 0 Å². The zero-order chi connectivity index (χ0) is 8.97. The largest absolute Gasteiger partial charge is 0.469 e. The molecule has 0 aliphatic carbocycles. The van der Waals surface area contributed by atoms with E-state index in [1.807, 2.05) is 6.26 Å². The van der Waals surface area contributed by atoms with E-state index >= 15 is 0 Å². The monoisotopic (exact) mass is 187 g/mol. The van der Waals surface area contributed by atoms with Gasteiger partial charge in [0, 0.05) is 0 Å². The summed E-state index contributed by atoms with van der Waals surface area (Å²) in [5.74, 6) is -0.134. The molecule has 0 aromatic heterocycles. The standard InChI is InChI=1S/C8H13NO2S/c1-11-8(10)6-3-4-7(12-2)9-5-6/h6H,3-5H2,1-2H3. The molecule has 1 aliphatic rings. The SMILES string of the molecule is COC(=O)C1CCC(SC)=NC1. The second-order valence-electron chi connectivity index (χ2n) is 2.70. The molecular formula is C8H13NO2S. The molecule has 0 amide bonds. The number of aliphatic imine (C=N–C) groups is 1. The van der Waals surface area contributed by atoms with E-state index in [0.29, 0.717) is 6.54 Å². The fourth-order valence-corrected chi connectivity index (χ4v) is 1.73. The van der Waals surface area contributed by atoms with Crippen molar-refractivity contribution in [3.05, 3.63) is 0 Å². The van der Waals surface area contributed by atoms with Crippen molar-refractivity contribution in [2.24, 2.45) is 10.9 Å². The third kappa shape index (κ3) is 2.24. The van der Waals surface area contributed by atoms with E-state index in [9.17, 15) is 4.79 Å². The first-order valence-electron chi connectivity index (χ1n) is 3.93. The third-order valence-electron chi connectivity index (χ3n) is 1.96. The van der Waals surface area contributed by atoms with Crippen LogP contribution in [0.25, 0.3) is 0 Å². The van der Waals surface area contributed by atoms with Crippen LogP contribution in [0.4, 0.5) is 0 Å². The molecule has 1 atom stereocenters. The van der Waals surface area contributed by atoms with E-state index in [4.69, 9.17) is 0 Å². The summed E-state index contributed by atoms with van der Waals surface area (Å²) in [7, 11) is 1.43. The Morgan fingerprint density at radius 1 is 1.75 bits per heavy atom. The van der Waals surface area contributed by atoms with Gasteiger partial charge in [0.2, 0.25) is 0 Å². The van der Waals surface area contributed by atoms with Gasteiger partial charge in [-0.2, -0.15) is 0 Å². The Kier molecular flexibility index (Phi) is 3.59. The van der Waals surface area contributed by atoms with Crippen LogP contribution in [-0.2, 0) is 9.53 Å². The lowest BCUT2D eigenvalue weighted by atomic mass is 10.0. The van der Waals surface area contributed by atoms with Crippen LogP contribution in [0.2, 0.25) is 0 Å². The topological polar surface area (TPSA) is 38.7 Å². The van der Waals surface area contributed by atoms with Crippen molar-refractivity contribution >= 4 is 22.8 Å². The summed E-state index contributed by atoms with van der Waals surface area (Å²) in [4.78, 5) is 15.3. The Morgan fingerprint density at radius 3 is 2.92 bits per heavy atom. The van der Waals surface area contributed by atoms with E-state index in [0.717, 1.165) is 17.9 Å². The lowest BCUT2D eigenvalue weighted by Gasteiger charge is -2.17. The molecule has 3 nitrogen and oxygen atoms in total. The van der Waals surface area contributed by atoms with Crippen molar-refractivity contribution in [2.45, 2.75) is 12.8 Å². The molecule has 4 heteroatoms. The molecule has 0 N–H and O–H groups in total. The summed E-state index contributed by atoms with van der Waals surface area (Å²) < 4.78 is 4.64. The van der Waals surface area contributed by atoms with Crippen LogP contribution in [0.3, 0.4) is 0 Å². The van der Waals surface area contributed by atoms with E-state index in [-0.39, 0.29) is 11.9 Å². The van der Waals surface area contributed by atoms with Crippen LogP contribution < -0.4 is 0 Å². The van der Waals surface area contributed by atoms with Crippen LogP contribution >= 0.6 is 11.8 Å². The van der Waals surface area contributed by atoms with E-state index in [1.165, 1.54) is 7.11 Å². The second-order valence-corrected chi connectivity index (χ2v) is 3.58. The van der Waals surface area contributed by atoms with Gasteiger partial charge in [0.05, 0.1) is 24.6 Å². The first-order valence-corrected chi connectivity index (χ1v) is 5.15. The van der Waals surface area contributed by atoms with Crippen LogP contribution in [0.15, 0.2) is 4.99 Å². The maximum Gasteiger partial charge on any atom is 0.310 e. The Hall–Kier alpha value is -0.510. The molecule has 0 aromatic rings. The number of thioether (sulfide) groups is 1. The molecule has 0 saturated carbocycles. The quantitative estimate of drug-likeness (QED) is 0.581. The Balaban J connectivity index is 2.46. The molecule has 0 aromatic carbocycles. The minimum absolute atomic E-state index is 0.00843. The number of carbonyl (C=O) groups excluding carboxylic acids is 1. The summed E-state index contributed by atoms with van der Waals surface area (Å²) >= 11 is 1.66. The van der Waals surface area contributed by atoms with Gasteiger partial charge in [0.1, 0.15) is 0 Å². The van der Waals surface area contributed by atoms with Gasteiger partial charge < -0.3 is 4.74 Å². The Morgan fingerprint density at radius 2 is 2.50 bits per heavy atom. The number of methoxy groups -OCH3 is 1. The number of ether oxygens (including phenoxy) is 1. The van der Waals surface area contributed by atoms with Crippen molar-refractivity contribution < 1.29 is 9.53 Å². The minimum Gasteiger partial charge on any atom is -0.469 e. The molecule has 12 heavy (non-hydrogen) atoms. The Labute approximate surface area is 76.6 Å². The van der Waals surface area contributed by atoms with E-state index in [1.54, 1.807) is 11.8 Å². The normalized spacial score (nSPS) is 23.2. The van der Waals surface area contributed by atoms with Crippen LogP contribution in [0, 0.1) is 5.92 Å². The summed E-state index contributed by atoms with van der Waals surface area (Å²) in [6, 6.07) is 0. The predicted molar refractivity (Wildman–Crippen MR) is 50.6 cm³/mol. The molecule has 0 fully saturated rings. The average molecular weight is 187 g/mol. The maximum atomic E-state index is 11.1. The highest BCUT2D eigenvalue weighted by Gasteiger charge is 2.22. The first-order chi connectivity index (χ1) is 5.77. The lowest BCUT2D eigenvalue weighted by Crippen LogP contribution is -2.23. The van der Waals surface area contributed by atoms with Crippen molar-refractivity contribution in [1.82, 2.24) is 0 Å². The van der Waals surface area contributed by atoms with Gasteiger partial charge in [-0.05, 0) is 19.1 Å². The summed E-state index contributed by atoms with van der Waals surface area (Å²) in [5, 5.41) is 1.15. The molecule has 1 rings (SSSR count). The molecule has 68 valence electrons. The highest BCUT2D eigenvalue weighted by Crippen LogP contribution is 2.19. The Bertz CT molecular complexity index is 203.